The molecule has 630 valence electrons. The third-order valence-electron chi connectivity index (χ3n) is 20.8. The Morgan fingerprint density at radius 3 is 0.717 bits per heavy atom. The fraction of sp³-hybridized carbons (Fsp3) is 0.954. The van der Waals surface area contributed by atoms with Gasteiger partial charge in [-0.1, -0.05) is 414 Å². The Balaban J connectivity index is 5.22. The number of hydrogen-bond acceptors (Lipinski definition) is 15. The molecule has 0 heterocycles. The standard InChI is InChI=1S/C87H170O17P2/c1-7-10-12-14-16-18-20-21-22-30-36-41-47-53-59-65-71-86(91)103-82(75-97-84(89)69-63-57-51-45-19-17-15-13-11-8-2)77-101-105(93,94)99-73-81(88)74-100-106(95,96)102-78-83(76-98-85(90)70-64-58-52-46-40-35-32-27-28-33-38-43-49-55-61-67-79(4)5)104-87(92)72-66-60-54-48-42-37-31-26-24-23-25-29-34-39-44-50-56-62-68-80(6)9-3/h79-83,88H,7-78H2,1-6H3,(H,93,94)(H,95,96)/t80?,81-,82+,83+/m0/s1. The molecule has 3 N–H and O–H groups in total. The van der Waals surface area contributed by atoms with Crippen molar-refractivity contribution >= 4 is 39.5 Å². The van der Waals surface area contributed by atoms with E-state index in [1.54, 1.807) is 0 Å². The molecule has 0 saturated carbocycles. The number of ether oxygens (including phenoxy) is 4. The van der Waals surface area contributed by atoms with Crippen molar-refractivity contribution < 1.29 is 80.2 Å². The summed E-state index contributed by atoms with van der Waals surface area (Å²) in [7, 11) is -9.93. The number of aliphatic hydroxyl groups excluding tert-OH is 1. The second kappa shape index (κ2) is 78.3. The Bertz CT molecular complexity index is 2030. The first kappa shape index (κ1) is 104. The topological polar surface area (TPSA) is 237 Å². The molecule has 0 radical (unpaired) electrons. The van der Waals surface area contributed by atoms with Gasteiger partial charge in [-0.15, -0.1) is 0 Å². The molecule has 0 fully saturated rings. The summed E-state index contributed by atoms with van der Waals surface area (Å²) in [6.45, 7) is 9.77. The van der Waals surface area contributed by atoms with E-state index in [2.05, 4.69) is 41.5 Å². The average Bonchev–Trinajstić information content (AvgIpc) is 0.901. The maximum Gasteiger partial charge on any atom is 0.472 e. The second-order valence-corrected chi connectivity index (χ2v) is 34.9. The number of unbranched alkanes of at least 4 members (excludes halogenated alkanes) is 55. The summed E-state index contributed by atoms with van der Waals surface area (Å²) in [6, 6.07) is 0. The average molecular weight is 1550 g/mol. The molecule has 0 aromatic heterocycles. The van der Waals surface area contributed by atoms with E-state index in [0.29, 0.717) is 25.7 Å². The van der Waals surface area contributed by atoms with Crippen LogP contribution in [0, 0.1) is 11.8 Å². The fourth-order valence-corrected chi connectivity index (χ4v) is 15.1. The van der Waals surface area contributed by atoms with Crippen LogP contribution in [0.5, 0.6) is 0 Å². The van der Waals surface area contributed by atoms with Crippen LogP contribution in [0.4, 0.5) is 0 Å². The summed E-state index contributed by atoms with van der Waals surface area (Å²) < 4.78 is 68.9. The smallest absolute Gasteiger partial charge is 0.462 e. The molecule has 3 unspecified atom stereocenters. The predicted octanol–water partition coefficient (Wildman–Crippen LogP) is 26.6. The number of hydrogen-bond donors (Lipinski definition) is 3. The molecule has 17 nitrogen and oxygen atoms in total. The fourth-order valence-electron chi connectivity index (χ4n) is 13.6. The van der Waals surface area contributed by atoms with Crippen molar-refractivity contribution in [2.75, 3.05) is 39.6 Å². The van der Waals surface area contributed by atoms with E-state index in [9.17, 15) is 43.2 Å². The van der Waals surface area contributed by atoms with Gasteiger partial charge in [-0.2, -0.15) is 0 Å². The van der Waals surface area contributed by atoms with Crippen LogP contribution >= 0.6 is 15.6 Å². The van der Waals surface area contributed by atoms with E-state index >= 15 is 0 Å². The zero-order valence-corrected chi connectivity index (χ0v) is 71.5. The van der Waals surface area contributed by atoms with Gasteiger partial charge < -0.3 is 33.8 Å². The molecule has 0 aliphatic heterocycles. The van der Waals surface area contributed by atoms with Gasteiger partial charge in [0.2, 0.25) is 0 Å². The lowest BCUT2D eigenvalue weighted by molar-refractivity contribution is -0.161. The van der Waals surface area contributed by atoms with E-state index < -0.39 is 97.5 Å². The highest BCUT2D eigenvalue weighted by Gasteiger charge is 2.30. The number of rotatable bonds is 86. The second-order valence-electron chi connectivity index (χ2n) is 32.0. The highest BCUT2D eigenvalue weighted by molar-refractivity contribution is 7.47. The zero-order chi connectivity index (χ0) is 77.8. The Morgan fingerprint density at radius 2 is 0.481 bits per heavy atom. The molecule has 106 heavy (non-hydrogen) atoms. The van der Waals surface area contributed by atoms with Gasteiger partial charge >= 0.3 is 39.5 Å². The number of aliphatic hydroxyl groups is 1. The van der Waals surface area contributed by atoms with Gasteiger partial charge in [-0.3, -0.25) is 37.3 Å². The molecular weight excluding hydrogens is 1380 g/mol. The minimum Gasteiger partial charge on any atom is -0.462 e. The van der Waals surface area contributed by atoms with E-state index in [-0.39, 0.29) is 25.7 Å². The number of carbonyl (C=O) groups is 4. The predicted molar refractivity (Wildman–Crippen MR) is 437 cm³/mol. The monoisotopic (exact) mass is 1550 g/mol. The number of phosphoric acid groups is 2. The molecule has 0 bridgehead atoms. The highest BCUT2D eigenvalue weighted by Crippen LogP contribution is 2.45. The quantitative estimate of drug-likeness (QED) is 0.0222. The lowest BCUT2D eigenvalue weighted by Crippen LogP contribution is -2.30. The van der Waals surface area contributed by atoms with E-state index in [4.69, 9.17) is 37.0 Å². The minimum absolute atomic E-state index is 0.109. The van der Waals surface area contributed by atoms with Crippen molar-refractivity contribution in [1.29, 1.82) is 0 Å². The van der Waals surface area contributed by atoms with Gasteiger partial charge in [0.25, 0.3) is 0 Å². The minimum atomic E-state index is -4.97. The third-order valence-corrected chi connectivity index (χ3v) is 22.7. The molecule has 0 aromatic carbocycles. The van der Waals surface area contributed by atoms with Gasteiger partial charge in [0.15, 0.2) is 12.2 Å². The Morgan fingerprint density at radius 1 is 0.274 bits per heavy atom. The molecule has 0 aromatic rings. The van der Waals surface area contributed by atoms with Gasteiger partial charge in [0.1, 0.15) is 19.3 Å². The van der Waals surface area contributed by atoms with Crippen molar-refractivity contribution in [1.82, 2.24) is 0 Å². The highest BCUT2D eigenvalue weighted by atomic mass is 31.2. The molecule has 0 spiro atoms. The van der Waals surface area contributed by atoms with Crippen LogP contribution in [0.1, 0.15) is 465 Å². The van der Waals surface area contributed by atoms with Crippen LogP contribution in [0.15, 0.2) is 0 Å². The molecule has 0 amide bonds. The van der Waals surface area contributed by atoms with Crippen LogP contribution in [0.25, 0.3) is 0 Å². The summed E-state index contributed by atoms with van der Waals surface area (Å²) in [5.74, 6) is -0.422. The van der Waals surface area contributed by atoms with Gasteiger partial charge in [0.05, 0.1) is 26.4 Å². The van der Waals surface area contributed by atoms with E-state index in [1.807, 2.05) is 0 Å². The largest absolute Gasteiger partial charge is 0.472 e. The summed E-state index contributed by atoms with van der Waals surface area (Å²) >= 11 is 0. The summed E-state index contributed by atoms with van der Waals surface area (Å²) in [6.07, 6.45) is 70.7. The number of carbonyl (C=O) groups excluding carboxylic acids is 4. The summed E-state index contributed by atoms with van der Waals surface area (Å²) in [4.78, 5) is 73.2. The molecule has 19 heteroatoms. The third kappa shape index (κ3) is 78.7. The van der Waals surface area contributed by atoms with Crippen LogP contribution in [0.2, 0.25) is 0 Å². The normalized spacial score (nSPS) is 14.1. The van der Waals surface area contributed by atoms with E-state index in [1.165, 1.54) is 283 Å². The Labute approximate surface area is 651 Å². The maximum atomic E-state index is 13.2. The van der Waals surface area contributed by atoms with Crippen LogP contribution in [-0.4, -0.2) is 96.7 Å². The van der Waals surface area contributed by atoms with Crippen molar-refractivity contribution in [2.45, 2.75) is 484 Å². The summed E-state index contributed by atoms with van der Waals surface area (Å²) in [5.41, 5.74) is 0. The number of phosphoric ester groups is 2. The first-order chi connectivity index (χ1) is 51.4. The van der Waals surface area contributed by atoms with Crippen LogP contribution in [-0.2, 0) is 65.4 Å². The van der Waals surface area contributed by atoms with Gasteiger partial charge in [-0.05, 0) is 37.5 Å². The molecule has 0 rings (SSSR count). The first-order valence-corrected chi connectivity index (χ1v) is 48.0. The van der Waals surface area contributed by atoms with Gasteiger partial charge in [-0.25, -0.2) is 9.13 Å². The van der Waals surface area contributed by atoms with Crippen molar-refractivity contribution in [2.24, 2.45) is 11.8 Å². The lowest BCUT2D eigenvalue weighted by atomic mass is 9.99. The van der Waals surface area contributed by atoms with Crippen molar-refractivity contribution in [3.05, 3.63) is 0 Å². The van der Waals surface area contributed by atoms with E-state index in [0.717, 1.165) is 102 Å². The number of esters is 4. The van der Waals surface area contributed by atoms with Crippen molar-refractivity contribution in [3.8, 4) is 0 Å². The molecule has 0 saturated heterocycles. The molecule has 0 aliphatic carbocycles. The molecular formula is C87H170O17P2. The molecule has 6 atom stereocenters. The van der Waals surface area contributed by atoms with Crippen LogP contribution in [0.3, 0.4) is 0 Å². The first-order valence-electron chi connectivity index (χ1n) is 45.0. The Hall–Kier alpha value is -1.94. The van der Waals surface area contributed by atoms with Gasteiger partial charge in [0, 0.05) is 25.7 Å². The van der Waals surface area contributed by atoms with Crippen molar-refractivity contribution in [3.63, 3.8) is 0 Å². The summed E-state index contributed by atoms with van der Waals surface area (Å²) in [5, 5.41) is 10.7. The Kier molecular flexibility index (Phi) is 76.9. The zero-order valence-electron chi connectivity index (χ0n) is 69.7. The SMILES string of the molecule is CCCCCCCCCCCCCCCCCCC(=O)O[C@H](COC(=O)CCCCCCCCCCCC)COP(=O)(O)OC[C@H](O)COP(=O)(O)OC[C@@H](COC(=O)CCCCCCCCCCCCCCCCCC(C)C)OC(=O)CCCCCCCCCCCCCCCCCCCCC(C)CC. The molecule has 0 aliphatic rings. The van der Waals surface area contributed by atoms with Crippen LogP contribution < -0.4 is 0 Å². The lowest BCUT2D eigenvalue weighted by Gasteiger charge is -2.21. The maximum absolute atomic E-state index is 13.2.